The van der Waals surface area contributed by atoms with Crippen LogP contribution in [-0.4, -0.2) is 11.4 Å². The van der Waals surface area contributed by atoms with E-state index in [1.165, 1.54) is 111 Å². The predicted octanol–water partition coefficient (Wildman–Crippen LogP) is 18.9. The van der Waals surface area contributed by atoms with Crippen molar-refractivity contribution in [3.8, 4) is 27.9 Å². The number of hydrogen-bond donors (Lipinski definition) is 0. The summed E-state index contributed by atoms with van der Waals surface area (Å²) < 4.78 is 10.1. The van der Waals surface area contributed by atoms with Crippen LogP contribution in [0.3, 0.4) is 0 Å². The Balaban J connectivity index is 1.14. The van der Waals surface area contributed by atoms with Gasteiger partial charge in [-0.2, -0.15) is 0 Å². The molecular formula is C73H70BN3O. The van der Waals surface area contributed by atoms with E-state index in [1.54, 1.807) is 0 Å². The van der Waals surface area contributed by atoms with Crippen LogP contribution < -0.4 is 20.6 Å². The molecule has 0 saturated carbocycles. The minimum absolute atomic E-state index is 0.000789. The second-order valence-corrected chi connectivity index (χ2v) is 27.5. The van der Waals surface area contributed by atoms with Gasteiger partial charge in [-0.3, -0.25) is 0 Å². The van der Waals surface area contributed by atoms with Gasteiger partial charge in [-0.15, -0.1) is 0 Å². The number of para-hydroxylation sites is 1. The Hall–Kier alpha value is -7.76. The third-order valence-electron chi connectivity index (χ3n) is 18.0. The van der Waals surface area contributed by atoms with Gasteiger partial charge in [0.2, 0.25) is 0 Å². The van der Waals surface area contributed by atoms with Crippen LogP contribution in [0.15, 0.2) is 174 Å². The van der Waals surface area contributed by atoms with Crippen LogP contribution in [0.2, 0.25) is 0 Å². The van der Waals surface area contributed by atoms with Crippen molar-refractivity contribution in [1.29, 1.82) is 0 Å². The molecule has 2 aliphatic heterocycles. The zero-order valence-electron chi connectivity index (χ0n) is 48.0. The second-order valence-electron chi connectivity index (χ2n) is 27.5. The molecule has 0 amide bonds. The highest BCUT2D eigenvalue weighted by molar-refractivity contribution is 6.94. The van der Waals surface area contributed by atoms with Gasteiger partial charge < -0.3 is 18.7 Å². The predicted molar refractivity (Wildman–Crippen MR) is 334 cm³/mol. The normalized spacial score (nSPS) is 14.6. The summed E-state index contributed by atoms with van der Waals surface area (Å²) in [5.41, 5.74) is 26.5. The first-order valence-corrected chi connectivity index (χ1v) is 28.3. The van der Waals surface area contributed by atoms with Crippen molar-refractivity contribution >= 4 is 90.0 Å². The summed E-state index contributed by atoms with van der Waals surface area (Å²) in [4.78, 5) is 5.16. The van der Waals surface area contributed by atoms with Gasteiger partial charge in [-0.05, 0) is 150 Å². The van der Waals surface area contributed by atoms with E-state index < -0.39 is 0 Å². The van der Waals surface area contributed by atoms with E-state index in [2.05, 4.69) is 281 Å². The Morgan fingerprint density at radius 1 is 0.462 bits per heavy atom. The van der Waals surface area contributed by atoms with E-state index in [-0.39, 0.29) is 33.9 Å². The van der Waals surface area contributed by atoms with Crippen molar-refractivity contribution in [3.05, 3.63) is 203 Å². The molecular weight excluding hydrogens is 946 g/mol. The molecule has 14 rings (SSSR count). The second kappa shape index (κ2) is 16.2. The first-order valence-electron chi connectivity index (χ1n) is 28.3. The van der Waals surface area contributed by atoms with Gasteiger partial charge in [0.1, 0.15) is 11.2 Å². The van der Waals surface area contributed by atoms with Crippen LogP contribution in [0.5, 0.6) is 0 Å². The van der Waals surface area contributed by atoms with Gasteiger partial charge in [0.15, 0.2) is 0 Å². The van der Waals surface area contributed by atoms with Crippen LogP contribution in [0, 0.1) is 0 Å². The highest BCUT2D eigenvalue weighted by atomic mass is 16.3. The number of rotatable bonds is 4. The van der Waals surface area contributed by atoms with E-state index in [0.717, 1.165) is 33.6 Å². The lowest BCUT2D eigenvalue weighted by Gasteiger charge is -2.43. The fraction of sp³-hybridized carbons (Fsp3) is 0.260. The maximum atomic E-state index is 7.44. The lowest BCUT2D eigenvalue weighted by Crippen LogP contribution is -2.60. The molecule has 0 radical (unpaired) electrons. The average molecular weight is 1020 g/mol. The molecule has 386 valence electrons. The highest BCUT2D eigenvalue weighted by Gasteiger charge is 2.48. The third kappa shape index (κ3) is 6.98. The zero-order chi connectivity index (χ0) is 54.3. The number of aromatic nitrogens is 1. The Labute approximate surface area is 461 Å². The van der Waals surface area contributed by atoms with Crippen LogP contribution >= 0.6 is 0 Å². The molecule has 4 heterocycles. The molecule has 0 saturated heterocycles. The van der Waals surface area contributed by atoms with Crippen molar-refractivity contribution in [1.82, 2.24) is 4.57 Å². The van der Waals surface area contributed by atoms with Gasteiger partial charge in [0.25, 0.3) is 0 Å². The molecule has 0 fully saturated rings. The number of anilines is 5. The molecule has 0 atom stereocenters. The summed E-state index contributed by atoms with van der Waals surface area (Å²) in [6.07, 6.45) is 0. The molecule has 0 bridgehead atoms. The Morgan fingerprint density at radius 2 is 1.03 bits per heavy atom. The Bertz CT molecular complexity index is 4250. The molecule has 78 heavy (non-hydrogen) atoms. The Morgan fingerprint density at radius 3 is 1.65 bits per heavy atom. The lowest BCUT2D eigenvalue weighted by atomic mass is 9.43. The van der Waals surface area contributed by atoms with E-state index in [9.17, 15) is 0 Å². The van der Waals surface area contributed by atoms with E-state index in [4.69, 9.17) is 4.42 Å². The molecule has 11 aromatic rings. The molecule has 3 aliphatic rings. The van der Waals surface area contributed by atoms with Crippen molar-refractivity contribution in [3.63, 3.8) is 0 Å². The monoisotopic (exact) mass is 1020 g/mol. The van der Waals surface area contributed by atoms with Crippen LogP contribution in [0.4, 0.5) is 28.4 Å². The van der Waals surface area contributed by atoms with E-state index in [0.29, 0.717) is 0 Å². The molecule has 2 aromatic heterocycles. The number of hydrogen-bond acceptors (Lipinski definition) is 3. The minimum atomic E-state index is -0.202. The summed E-state index contributed by atoms with van der Waals surface area (Å²) in [6, 6.07) is 65.5. The first-order chi connectivity index (χ1) is 37.0. The topological polar surface area (TPSA) is 24.6 Å². The molecule has 0 unspecified atom stereocenters. The number of fused-ring (bicyclic) bond motifs is 16. The van der Waals surface area contributed by atoms with Crippen molar-refractivity contribution in [2.75, 3.05) is 9.71 Å². The molecule has 0 N–H and O–H groups in total. The quantitative estimate of drug-likeness (QED) is 0.164. The summed E-state index contributed by atoms with van der Waals surface area (Å²) >= 11 is 0. The molecule has 4 nitrogen and oxygen atoms in total. The van der Waals surface area contributed by atoms with Gasteiger partial charge in [-0.1, -0.05) is 194 Å². The van der Waals surface area contributed by atoms with Crippen molar-refractivity contribution in [2.24, 2.45) is 0 Å². The lowest BCUT2D eigenvalue weighted by molar-refractivity contribution is 0.590. The number of nitrogens with zero attached hydrogens (tertiary/aromatic N) is 3. The third-order valence-corrected chi connectivity index (χ3v) is 18.0. The maximum Gasteiger partial charge on any atom is 0.333 e. The molecule has 9 aromatic carbocycles. The molecule has 1 aliphatic carbocycles. The Kier molecular flexibility index (Phi) is 10.1. The van der Waals surface area contributed by atoms with Gasteiger partial charge in [-0.25, -0.2) is 0 Å². The van der Waals surface area contributed by atoms with E-state index >= 15 is 0 Å². The van der Waals surface area contributed by atoms with Crippen LogP contribution in [0.25, 0.3) is 71.7 Å². The number of benzene rings is 9. The summed E-state index contributed by atoms with van der Waals surface area (Å²) in [7, 11) is 0. The first kappa shape index (κ1) is 48.6. The highest BCUT2D eigenvalue weighted by Crippen LogP contribution is 2.57. The van der Waals surface area contributed by atoms with Gasteiger partial charge >= 0.3 is 6.85 Å². The fourth-order valence-corrected chi connectivity index (χ4v) is 13.6. The fourth-order valence-electron chi connectivity index (χ4n) is 13.6. The zero-order valence-corrected chi connectivity index (χ0v) is 48.0. The smallest absolute Gasteiger partial charge is 0.333 e. The summed E-state index contributed by atoms with van der Waals surface area (Å²) in [5.74, 6) is 0. The molecule has 0 spiro atoms. The van der Waals surface area contributed by atoms with Crippen molar-refractivity contribution < 1.29 is 4.42 Å². The maximum absolute atomic E-state index is 7.44. The van der Waals surface area contributed by atoms with Crippen molar-refractivity contribution in [2.45, 2.75) is 124 Å². The van der Waals surface area contributed by atoms with Crippen LogP contribution in [-0.2, 0) is 27.1 Å². The summed E-state index contributed by atoms with van der Waals surface area (Å²) in [5, 5.41) is 4.76. The van der Waals surface area contributed by atoms with Gasteiger partial charge in [0.05, 0.1) is 11.0 Å². The largest absolute Gasteiger partial charge is 0.455 e. The summed E-state index contributed by atoms with van der Waals surface area (Å²) in [6.45, 7) is 32.4. The average Bonchev–Trinajstić information content (AvgIpc) is 4.23. The molecule has 5 heteroatoms. The minimum Gasteiger partial charge on any atom is -0.455 e. The van der Waals surface area contributed by atoms with Gasteiger partial charge in [0, 0.05) is 72.2 Å². The SMILES string of the molecule is CC(C)(C)c1ccc(N2B3c4cc(C(C)(C)C)ccc4-n4c5cc(N(c6ccc(C(C)(C)C)cc6)c6ccc(C(C)(C)C)cc6)ccc5c5c6c(oc7ccccc76)c(c3c54)-c3cc4c(cc32)C(C)(C)c2ccccc2-4)cc1. The van der Waals surface area contributed by atoms with E-state index in [1.807, 2.05) is 0 Å². The standard InChI is InChI=1S/C73H70BN3O/c1-69(2,3)43-23-30-47(31-24-43)75(48-32-25-44(26-33-48)70(4,5)6)50-36-37-52-60(40-50)76-59-38-29-46(72(10,11)12)39-58(59)74-66-65(68-64(63(52)67(66)76)53-20-16-18-22-62(53)78-68)55-41-54-51-19-15-17-21-56(51)73(13,14)57(54)42-61(55)77(74)49-34-27-45(28-35-49)71(7,8)9/h15-42H,1-14H3. The van der Waals surface area contributed by atoms with Crippen LogP contribution in [0.1, 0.15) is 130 Å². The number of furan rings is 1.